The van der Waals surface area contributed by atoms with Crippen molar-refractivity contribution in [1.82, 2.24) is 15.5 Å². The summed E-state index contributed by atoms with van der Waals surface area (Å²) in [7, 11) is 2.08. The van der Waals surface area contributed by atoms with Gasteiger partial charge in [0.05, 0.1) is 11.9 Å². The highest BCUT2D eigenvalue weighted by Gasteiger charge is 2.75. The van der Waals surface area contributed by atoms with Crippen molar-refractivity contribution in [2.75, 3.05) is 51.3 Å². The van der Waals surface area contributed by atoms with Gasteiger partial charge in [-0.15, -0.1) is 0 Å². The lowest BCUT2D eigenvalue weighted by molar-refractivity contribution is -0.218. The highest BCUT2D eigenvalue weighted by Crippen LogP contribution is 2.70. The fraction of sp³-hybridized carbons (Fsp3) is 0.781. The number of carbonyl (C=O) groups excluding carboxylic acids is 2. The molecule has 11 heteroatoms. The second kappa shape index (κ2) is 13.5. The number of aliphatic hydroxyl groups is 2. The number of halogens is 1. The molecule has 0 aromatic carbocycles. The predicted octanol–water partition coefficient (Wildman–Crippen LogP) is 2.77. The number of fused-ring (bicyclic) bond motifs is 5. The van der Waals surface area contributed by atoms with E-state index in [2.05, 4.69) is 22.6 Å². The second-order valence-electron chi connectivity index (χ2n) is 13.6. The first-order chi connectivity index (χ1) is 20.3. The third-order valence-corrected chi connectivity index (χ3v) is 12.4. The number of hydrogen-bond donors (Lipinski definition) is 5. The minimum atomic E-state index is -1.97. The number of hydrogen-bond acceptors (Lipinski definition) is 8. The first-order valence-electron chi connectivity index (χ1n) is 15.8. The molecule has 0 heterocycles. The van der Waals surface area contributed by atoms with E-state index in [4.69, 9.17) is 18.0 Å². The van der Waals surface area contributed by atoms with Crippen molar-refractivity contribution in [3.05, 3.63) is 23.8 Å². The molecule has 0 amide bonds. The van der Waals surface area contributed by atoms with E-state index >= 15 is 4.39 Å². The van der Waals surface area contributed by atoms with Gasteiger partial charge in [0.2, 0.25) is 0 Å². The lowest BCUT2D eigenvalue weighted by Crippen LogP contribution is -2.69. The van der Waals surface area contributed by atoms with Crippen LogP contribution in [-0.2, 0) is 9.59 Å². The van der Waals surface area contributed by atoms with Crippen molar-refractivity contribution in [2.45, 2.75) is 76.7 Å². The minimum Gasteiger partial charge on any atom is -0.390 e. The zero-order valence-corrected chi connectivity index (χ0v) is 27.8. The summed E-state index contributed by atoms with van der Waals surface area (Å²) in [5.74, 6) is -0.773. The second-order valence-corrected chi connectivity index (χ2v) is 15.1. The minimum absolute atomic E-state index is 0.00310. The summed E-state index contributed by atoms with van der Waals surface area (Å²) in [4.78, 5) is 28.0. The highest BCUT2D eigenvalue weighted by atomic mass is 32.2. The first-order valence-corrected chi connectivity index (χ1v) is 17.4. The number of thioether (sulfide) groups is 1. The van der Waals surface area contributed by atoms with Crippen LogP contribution in [0.4, 0.5) is 4.39 Å². The number of carbonyl (C=O) groups is 2. The van der Waals surface area contributed by atoms with Crippen LogP contribution in [0.1, 0.15) is 59.3 Å². The average Bonchev–Trinajstić information content (AvgIpc) is 3.16. The van der Waals surface area contributed by atoms with Gasteiger partial charge in [-0.1, -0.05) is 25.5 Å². The molecule has 6 N–H and O–H groups in total. The molecule has 43 heavy (non-hydrogen) atoms. The van der Waals surface area contributed by atoms with E-state index in [1.807, 2.05) is 13.8 Å². The molecule has 0 unspecified atom stereocenters. The van der Waals surface area contributed by atoms with Crippen LogP contribution in [0.25, 0.3) is 0 Å². The maximum Gasteiger partial charge on any atom is 0.178 e. The van der Waals surface area contributed by atoms with Crippen LogP contribution in [0.3, 0.4) is 0 Å². The third-order valence-electron chi connectivity index (χ3n) is 11.2. The Bertz CT molecular complexity index is 1140. The number of Topliss-reactive ketones (excluding diaryl/α,β-unsaturated/α-hetero) is 1. The summed E-state index contributed by atoms with van der Waals surface area (Å²) in [6.45, 7) is 9.55. The highest BCUT2D eigenvalue weighted by molar-refractivity contribution is 8.00. The lowest BCUT2D eigenvalue weighted by Gasteiger charge is -2.62. The van der Waals surface area contributed by atoms with Crippen molar-refractivity contribution in [3.8, 4) is 0 Å². The molecule has 0 aromatic rings. The summed E-state index contributed by atoms with van der Waals surface area (Å²) in [5, 5.41) is 30.6. The molecular weight excluding hydrogens is 588 g/mol. The molecule has 0 saturated heterocycles. The van der Waals surface area contributed by atoms with Crippen LogP contribution < -0.4 is 16.4 Å². The van der Waals surface area contributed by atoms with Gasteiger partial charge < -0.3 is 31.5 Å². The van der Waals surface area contributed by atoms with Crippen molar-refractivity contribution >= 4 is 40.7 Å². The van der Waals surface area contributed by atoms with Gasteiger partial charge in [-0.05, 0) is 108 Å². The largest absolute Gasteiger partial charge is 0.390 e. The van der Waals surface area contributed by atoms with Crippen LogP contribution in [0, 0.1) is 28.6 Å². The molecule has 242 valence electrons. The van der Waals surface area contributed by atoms with Gasteiger partial charge in [-0.2, -0.15) is 11.8 Å². The Morgan fingerprint density at radius 2 is 1.93 bits per heavy atom. The van der Waals surface area contributed by atoms with E-state index in [1.165, 1.54) is 23.9 Å². The molecule has 3 saturated carbocycles. The van der Waals surface area contributed by atoms with Crippen LogP contribution in [0.2, 0.25) is 0 Å². The zero-order chi connectivity index (χ0) is 31.6. The Morgan fingerprint density at radius 3 is 2.65 bits per heavy atom. The number of nitrogens with two attached hydrogens (primary N) is 1. The van der Waals surface area contributed by atoms with E-state index in [1.54, 1.807) is 13.0 Å². The number of nitrogens with zero attached hydrogens (tertiary/aromatic N) is 1. The summed E-state index contributed by atoms with van der Waals surface area (Å²) in [6, 6.07) is 0. The Hall–Kier alpha value is -1.37. The van der Waals surface area contributed by atoms with Gasteiger partial charge in [0.25, 0.3) is 0 Å². The van der Waals surface area contributed by atoms with E-state index < -0.39 is 34.1 Å². The molecule has 0 bridgehead atoms. The Labute approximate surface area is 265 Å². The molecule has 4 aliphatic carbocycles. The third kappa shape index (κ3) is 6.11. The number of ketones is 2. The van der Waals surface area contributed by atoms with Crippen LogP contribution in [0.15, 0.2) is 23.8 Å². The smallest absolute Gasteiger partial charge is 0.178 e. The molecule has 4 rings (SSSR count). The van der Waals surface area contributed by atoms with Gasteiger partial charge in [0, 0.05) is 35.6 Å². The Balaban J connectivity index is 1.31. The number of allylic oxidation sites excluding steroid dienone is 4. The SMILES string of the molecule is C[C@@H]1C[C@H]2[C@@H]3CCC4=CC(=O)C=C[C@]4(C)[C@@]3(F)[C@@H](O)C[C@]2(C)[C@@]1(O)C(=O)CSCCNC(=S)NCCCN(C)CCCN. The van der Waals surface area contributed by atoms with Crippen LogP contribution >= 0.6 is 24.0 Å². The summed E-state index contributed by atoms with van der Waals surface area (Å²) in [6.07, 6.45) is 6.71. The van der Waals surface area contributed by atoms with E-state index in [0.29, 0.717) is 43.2 Å². The maximum absolute atomic E-state index is 17.3. The standard InChI is InChI=1S/C32H51FN4O4S2/c1-21-17-25-24-8-7-22-18-23(38)9-10-29(22,2)31(24,33)26(39)19-30(25,3)32(21,41)27(40)20-43-16-13-36-28(42)35-12-6-15-37(4)14-5-11-34/h9-10,18,21,24-26,39,41H,5-8,11-17,19-20,34H2,1-4H3,(H2,35,36,42)/t21-,24+,25+,26+,29+,30+,31+,32+/m1/s1. The number of aliphatic hydroxyl groups excluding tert-OH is 1. The quantitative estimate of drug-likeness (QED) is 0.152. The van der Waals surface area contributed by atoms with E-state index in [9.17, 15) is 19.8 Å². The van der Waals surface area contributed by atoms with Gasteiger partial charge in [0.15, 0.2) is 22.3 Å². The predicted molar refractivity (Wildman–Crippen MR) is 175 cm³/mol. The summed E-state index contributed by atoms with van der Waals surface area (Å²) in [5.41, 5.74) is 0.631. The number of thiocarbonyl (C=S) groups is 1. The molecule has 0 radical (unpaired) electrons. The number of rotatable bonds is 13. The van der Waals surface area contributed by atoms with Gasteiger partial charge >= 0.3 is 0 Å². The number of nitrogens with one attached hydrogen (secondary N) is 2. The van der Waals surface area contributed by atoms with Crippen molar-refractivity contribution in [3.63, 3.8) is 0 Å². The monoisotopic (exact) mass is 638 g/mol. The normalized spacial score (nSPS) is 38.3. The molecule has 4 aliphatic rings. The fourth-order valence-electron chi connectivity index (χ4n) is 8.74. The van der Waals surface area contributed by atoms with E-state index in [-0.39, 0.29) is 35.6 Å². The maximum atomic E-state index is 17.3. The zero-order valence-electron chi connectivity index (χ0n) is 26.2. The number of alkyl halides is 1. The molecule has 8 nitrogen and oxygen atoms in total. The fourth-order valence-corrected chi connectivity index (χ4v) is 9.74. The molecular formula is C32H51FN4O4S2. The van der Waals surface area contributed by atoms with E-state index in [0.717, 1.165) is 38.0 Å². The van der Waals surface area contributed by atoms with Crippen molar-refractivity contribution < 1.29 is 24.2 Å². The molecule has 3 fully saturated rings. The Morgan fingerprint density at radius 1 is 1.23 bits per heavy atom. The molecule has 0 spiro atoms. The average molecular weight is 639 g/mol. The Kier molecular flexibility index (Phi) is 10.9. The van der Waals surface area contributed by atoms with Crippen molar-refractivity contribution in [1.29, 1.82) is 0 Å². The van der Waals surface area contributed by atoms with Crippen molar-refractivity contribution in [2.24, 2.45) is 34.3 Å². The first kappa shape index (κ1) is 34.5. The topological polar surface area (TPSA) is 128 Å². The molecule has 0 aliphatic heterocycles. The summed E-state index contributed by atoms with van der Waals surface area (Å²) >= 11 is 6.82. The molecule has 8 atom stereocenters. The van der Waals surface area contributed by atoms with Gasteiger partial charge in [0.1, 0.15) is 5.60 Å². The summed E-state index contributed by atoms with van der Waals surface area (Å²) < 4.78 is 17.3. The lowest BCUT2D eigenvalue weighted by atomic mass is 9.44. The van der Waals surface area contributed by atoms with Crippen LogP contribution in [0.5, 0.6) is 0 Å². The van der Waals surface area contributed by atoms with Gasteiger partial charge in [-0.3, -0.25) is 9.59 Å². The van der Waals surface area contributed by atoms with Crippen LogP contribution in [-0.4, -0.2) is 100 Å². The molecule has 0 aromatic heterocycles. The van der Waals surface area contributed by atoms with Gasteiger partial charge in [-0.25, -0.2) is 4.39 Å².